The Hall–Kier alpha value is -1.97. The number of aromatic nitrogens is 1. The molecule has 96 valence electrons. The van der Waals surface area contributed by atoms with Gasteiger partial charge in [0.05, 0.1) is 7.11 Å². The topological polar surface area (TPSA) is 54.1 Å². The lowest BCUT2D eigenvalue weighted by molar-refractivity contribution is 0.0945. The van der Waals surface area contributed by atoms with Crippen LogP contribution in [0.2, 0.25) is 0 Å². The number of benzene rings is 1. The molecule has 0 aliphatic carbocycles. The van der Waals surface area contributed by atoms with Crippen LogP contribution in [0.3, 0.4) is 0 Å². The van der Waals surface area contributed by atoms with Crippen molar-refractivity contribution >= 4 is 16.8 Å². The van der Waals surface area contributed by atoms with Crippen LogP contribution in [0, 0.1) is 5.92 Å². The monoisotopic (exact) mass is 246 g/mol. The maximum Gasteiger partial charge on any atom is 0.267 e. The molecular weight excluding hydrogens is 228 g/mol. The number of amides is 1. The van der Waals surface area contributed by atoms with Crippen LogP contribution in [0.1, 0.15) is 24.3 Å². The second-order valence-corrected chi connectivity index (χ2v) is 4.74. The zero-order valence-electron chi connectivity index (χ0n) is 10.9. The molecule has 2 aromatic rings. The highest BCUT2D eigenvalue weighted by Gasteiger charge is 2.09. The average molecular weight is 246 g/mol. The van der Waals surface area contributed by atoms with Gasteiger partial charge in [0.25, 0.3) is 5.91 Å². The van der Waals surface area contributed by atoms with Gasteiger partial charge in [-0.3, -0.25) is 4.79 Å². The number of hydrogen-bond donors (Lipinski definition) is 2. The van der Waals surface area contributed by atoms with Gasteiger partial charge in [0.1, 0.15) is 11.4 Å². The molecule has 1 amide bonds. The van der Waals surface area contributed by atoms with E-state index < -0.39 is 0 Å². The van der Waals surface area contributed by atoms with E-state index in [-0.39, 0.29) is 5.91 Å². The second-order valence-electron chi connectivity index (χ2n) is 4.74. The first kappa shape index (κ1) is 12.5. The molecule has 0 fully saturated rings. The fraction of sp³-hybridized carbons (Fsp3) is 0.357. The van der Waals surface area contributed by atoms with Crippen LogP contribution in [-0.4, -0.2) is 24.5 Å². The minimum absolute atomic E-state index is 0.0705. The third kappa shape index (κ3) is 2.64. The lowest BCUT2D eigenvalue weighted by Gasteiger charge is -2.05. The highest BCUT2D eigenvalue weighted by molar-refractivity contribution is 5.98. The molecule has 4 nitrogen and oxygen atoms in total. The molecule has 1 aromatic heterocycles. The summed E-state index contributed by atoms with van der Waals surface area (Å²) in [6.07, 6.45) is 0. The van der Waals surface area contributed by atoms with Crippen LogP contribution in [0.5, 0.6) is 5.75 Å². The molecule has 0 aliphatic rings. The second kappa shape index (κ2) is 5.12. The number of rotatable bonds is 4. The fourth-order valence-electron chi connectivity index (χ4n) is 1.75. The highest BCUT2D eigenvalue weighted by Crippen LogP contribution is 2.21. The quantitative estimate of drug-likeness (QED) is 0.871. The Labute approximate surface area is 106 Å². The first-order valence-electron chi connectivity index (χ1n) is 6.05. The summed E-state index contributed by atoms with van der Waals surface area (Å²) in [7, 11) is 1.63. The minimum Gasteiger partial charge on any atom is -0.497 e. The maximum atomic E-state index is 11.9. The van der Waals surface area contributed by atoms with E-state index in [1.54, 1.807) is 7.11 Å². The van der Waals surface area contributed by atoms with Crippen molar-refractivity contribution in [3.05, 3.63) is 30.0 Å². The highest BCUT2D eigenvalue weighted by atomic mass is 16.5. The van der Waals surface area contributed by atoms with E-state index in [0.29, 0.717) is 18.2 Å². The van der Waals surface area contributed by atoms with Gasteiger partial charge in [-0.05, 0) is 30.2 Å². The first-order valence-corrected chi connectivity index (χ1v) is 6.05. The number of methoxy groups -OCH3 is 1. The van der Waals surface area contributed by atoms with Gasteiger partial charge in [-0.15, -0.1) is 0 Å². The lowest BCUT2D eigenvalue weighted by Crippen LogP contribution is -2.27. The molecule has 18 heavy (non-hydrogen) atoms. The fourth-order valence-corrected chi connectivity index (χ4v) is 1.75. The lowest BCUT2D eigenvalue weighted by atomic mass is 10.2. The Morgan fingerprint density at radius 2 is 2.17 bits per heavy atom. The molecule has 1 heterocycles. The van der Waals surface area contributed by atoms with Gasteiger partial charge in [-0.1, -0.05) is 13.8 Å². The smallest absolute Gasteiger partial charge is 0.267 e. The molecule has 0 unspecified atom stereocenters. The summed E-state index contributed by atoms with van der Waals surface area (Å²) in [4.78, 5) is 15.0. The van der Waals surface area contributed by atoms with Gasteiger partial charge in [0.2, 0.25) is 0 Å². The SMILES string of the molecule is COc1ccc2[nH]c(C(=O)NCC(C)C)cc2c1. The van der Waals surface area contributed by atoms with Gasteiger partial charge < -0.3 is 15.0 Å². The van der Waals surface area contributed by atoms with Crippen molar-refractivity contribution in [1.29, 1.82) is 0 Å². The normalized spacial score (nSPS) is 10.9. The summed E-state index contributed by atoms with van der Waals surface area (Å²) in [6.45, 7) is 4.81. The summed E-state index contributed by atoms with van der Waals surface area (Å²) in [5.74, 6) is 1.16. The molecule has 1 aromatic carbocycles. The van der Waals surface area contributed by atoms with Crippen molar-refractivity contribution in [2.24, 2.45) is 5.92 Å². The Kier molecular flexibility index (Phi) is 3.55. The Bertz CT molecular complexity index is 558. The summed E-state index contributed by atoms with van der Waals surface area (Å²) >= 11 is 0. The number of ether oxygens (including phenoxy) is 1. The predicted octanol–water partition coefficient (Wildman–Crippen LogP) is 2.56. The van der Waals surface area contributed by atoms with E-state index in [1.165, 1.54) is 0 Å². The molecule has 2 N–H and O–H groups in total. The number of aromatic amines is 1. The molecule has 0 spiro atoms. The zero-order chi connectivity index (χ0) is 13.1. The van der Waals surface area contributed by atoms with Gasteiger partial charge in [0, 0.05) is 17.4 Å². The number of fused-ring (bicyclic) bond motifs is 1. The largest absolute Gasteiger partial charge is 0.497 e. The maximum absolute atomic E-state index is 11.9. The summed E-state index contributed by atoms with van der Waals surface area (Å²) in [5.41, 5.74) is 1.52. The number of H-pyrrole nitrogens is 1. The van der Waals surface area contributed by atoms with Crippen LogP contribution in [0.25, 0.3) is 10.9 Å². The minimum atomic E-state index is -0.0705. The summed E-state index contributed by atoms with van der Waals surface area (Å²) < 4.78 is 5.16. The molecule has 2 rings (SSSR count). The molecule has 0 radical (unpaired) electrons. The van der Waals surface area contributed by atoms with E-state index in [2.05, 4.69) is 24.1 Å². The van der Waals surface area contributed by atoms with Gasteiger partial charge in [-0.2, -0.15) is 0 Å². The Morgan fingerprint density at radius 3 is 2.83 bits per heavy atom. The van der Waals surface area contributed by atoms with Crippen molar-refractivity contribution in [3.8, 4) is 5.75 Å². The number of nitrogens with one attached hydrogen (secondary N) is 2. The molecule has 4 heteroatoms. The number of hydrogen-bond acceptors (Lipinski definition) is 2. The van der Waals surface area contributed by atoms with Gasteiger partial charge >= 0.3 is 0 Å². The Morgan fingerprint density at radius 1 is 1.39 bits per heavy atom. The number of carbonyl (C=O) groups is 1. The van der Waals surface area contributed by atoms with Crippen LogP contribution < -0.4 is 10.1 Å². The van der Waals surface area contributed by atoms with E-state index in [1.807, 2.05) is 24.3 Å². The number of carbonyl (C=O) groups excluding carboxylic acids is 1. The third-order valence-corrected chi connectivity index (χ3v) is 2.74. The van der Waals surface area contributed by atoms with Crippen LogP contribution in [0.4, 0.5) is 0 Å². The standard InChI is InChI=1S/C14H18N2O2/c1-9(2)8-15-14(17)13-7-10-6-11(18-3)4-5-12(10)16-13/h4-7,9,16H,8H2,1-3H3,(H,15,17). The van der Waals surface area contributed by atoms with Gasteiger partial charge in [0.15, 0.2) is 0 Å². The zero-order valence-corrected chi connectivity index (χ0v) is 10.9. The molecular formula is C14H18N2O2. The van der Waals surface area contributed by atoms with Crippen molar-refractivity contribution in [3.63, 3.8) is 0 Å². The van der Waals surface area contributed by atoms with Crippen LogP contribution >= 0.6 is 0 Å². The van der Waals surface area contributed by atoms with Crippen molar-refractivity contribution in [2.75, 3.05) is 13.7 Å². The predicted molar refractivity (Wildman–Crippen MR) is 72.0 cm³/mol. The van der Waals surface area contributed by atoms with E-state index in [0.717, 1.165) is 16.7 Å². The average Bonchev–Trinajstić information content (AvgIpc) is 2.78. The molecule has 0 saturated heterocycles. The van der Waals surface area contributed by atoms with Crippen molar-refractivity contribution < 1.29 is 9.53 Å². The molecule has 0 atom stereocenters. The van der Waals surface area contributed by atoms with Crippen LogP contribution in [0.15, 0.2) is 24.3 Å². The van der Waals surface area contributed by atoms with Crippen molar-refractivity contribution in [1.82, 2.24) is 10.3 Å². The molecule has 0 saturated carbocycles. The third-order valence-electron chi connectivity index (χ3n) is 2.74. The molecule has 0 bridgehead atoms. The van der Waals surface area contributed by atoms with E-state index in [9.17, 15) is 4.79 Å². The summed E-state index contributed by atoms with van der Waals surface area (Å²) in [5, 5.41) is 3.86. The Balaban J connectivity index is 2.21. The molecule has 0 aliphatic heterocycles. The summed E-state index contributed by atoms with van der Waals surface area (Å²) in [6, 6.07) is 7.53. The first-order chi connectivity index (χ1) is 8.60. The van der Waals surface area contributed by atoms with E-state index >= 15 is 0 Å². The van der Waals surface area contributed by atoms with Crippen molar-refractivity contribution in [2.45, 2.75) is 13.8 Å². The van der Waals surface area contributed by atoms with Crippen LogP contribution in [-0.2, 0) is 0 Å². The van der Waals surface area contributed by atoms with E-state index in [4.69, 9.17) is 4.74 Å². The van der Waals surface area contributed by atoms with Gasteiger partial charge in [-0.25, -0.2) is 0 Å².